The van der Waals surface area contributed by atoms with Gasteiger partial charge in [0, 0.05) is 11.9 Å². The largest absolute Gasteiger partial charge is 0.490 e. The van der Waals surface area contributed by atoms with Crippen molar-refractivity contribution in [2.24, 2.45) is 0 Å². The quantitative estimate of drug-likeness (QED) is 0.770. The molecule has 0 spiro atoms. The molecule has 0 fully saturated rings. The van der Waals surface area contributed by atoms with Crippen molar-refractivity contribution in [2.75, 3.05) is 13.2 Å². The normalized spacial score (nSPS) is 12.9. The van der Waals surface area contributed by atoms with Crippen LogP contribution in [0.4, 0.5) is 0 Å². The Labute approximate surface area is 151 Å². The lowest BCUT2D eigenvalue weighted by Gasteiger charge is -2.19. The van der Waals surface area contributed by atoms with Gasteiger partial charge in [-0.15, -0.1) is 0 Å². The van der Waals surface area contributed by atoms with Crippen LogP contribution in [-0.4, -0.2) is 23.6 Å². The topological polar surface area (TPSA) is 43.3 Å². The molecule has 2 aromatic carbocycles. The fraction of sp³-hybridized carbons (Fsp3) is 0.250. The van der Waals surface area contributed by atoms with Crippen LogP contribution in [0.5, 0.6) is 5.75 Å². The van der Waals surface area contributed by atoms with Gasteiger partial charge in [-0.05, 0) is 37.1 Å². The van der Waals surface area contributed by atoms with Gasteiger partial charge in [0.15, 0.2) is 0 Å². The fourth-order valence-corrected chi connectivity index (χ4v) is 3.47. The third-order valence-corrected chi connectivity index (χ3v) is 4.92. The molecule has 4 rings (SSSR count). The Hall–Kier alpha value is -2.46. The summed E-state index contributed by atoms with van der Waals surface area (Å²) in [7, 11) is 0. The second kappa shape index (κ2) is 6.45. The molecule has 1 aliphatic heterocycles. The molecule has 0 atom stereocenters. The maximum Gasteiger partial charge on any atom is 0.267 e. The number of aryl methyl sites for hydroxylation is 1. The molecular weight excluding hydrogens is 336 g/mol. The number of carbonyl (C=O) groups excluding carboxylic acids is 1. The number of benzene rings is 2. The van der Waals surface area contributed by atoms with Crippen LogP contribution in [0.3, 0.4) is 0 Å². The lowest BCUT2D eigenvalue weighted by molar-refractivity contribution is 0.0943. The van der Waals surface area contributed by atoms with E-state index in [0.29, 0.717) is 30.4 Å². The van der Waals surface area contributed by atoms with E-state index in [1.54, 1.807) is 0 Å². The second-order valence-electron chi connectivity index (χ2n) is 6.33. The SMILES string of the molecule is Cc1ccc(CCNC(=O)c2cc3c(Cl)ccc4c3n2CCO4)cc1. The molecule has 0 radical (unpaired) electrons. The number of halogens is 1. The summed E-state index contributed by atoms with van der Waals surface area (Å²) in [5.41, 5.74) is 3.99. The lowest BCUT2D eigenvalue weighted by atomic mass is 10.1. The molecule has 0 bridgehead atoms. The summed E-state index contributed by atoms with van der Waals surface area (Å²) in [6.07, 6.45) is 0.807. The van der Waals surface area contributed by atoms with E-state index in [1.807, 2.05) is 22.8 Å². The smallest absolute Gasteiger partial charge is 0.267 e. The highest BCUT2D eigenvalue weighted by molar-refractivity contribution is 6.36. The summed E-state index contributed by atoms with van der Waals surface area (Å²) in [5.74, 6) is 0.705. The van der Waals surface area contributed by atoms with Crippen molar-refractivity contribution in [3.05, 3.63) is 64.3 Å². The number of nitrogens with zero attached hydrogens (tertiary/aromatic N) is 1. The van der Waals surface area contributed by atoms with Gasteiger partial charge < -0.3 is 14.6 Å². The Morgan fingerprint density at radius 1 is 1.24 bits per heavy atom. The standard InChI is InChI=1S/C20H19ClN2O2/c1-13-2-4-14(5-3-13)8-9-22-20(24)17-12-15-16(21)6-7-18-19(15)23(17)10-11-25-18/h2-7,12H,8-11H2,1H3,(H,22,24). The van der Waals surface area contributed by atoms with E-state index >= 15 is 0 Å². The highest BCUT2D eigenvalue weighted by atomic mass is 35.5. The van der Waals surface area contributed by atoms with Crippen LogP contribution in [0.1, 0.15) is 21.6 Å². The van der Waals surface area contributed by atoms with Gasteiger partial charge in [-0.3, -0.25) is 4.79 Å². The molecular formula is C20H19ClN2O2. The van der Waals surface area contributed by atoms with Crippen LogP contribution in [0, 0.1) is 6.92 Å². The Morgan fingerprint density at radius 2 is 2.04 bits per heavy atom. The first-order valence-corrected chi connectivity index (χ1v) is 8.79. The van der Waals surface area contributed by atoms with E-state index in [-0.39, 0.29) is 5.91 Å². The highest BCUT2D eigenvalue weighted by Gasteiger charge is 2.22. The van der Waals surface area contributed by atoms with Crippen molar-refractivity contribution in [2.45, 2.75) is 19.9 Å². The van der Waals surface area contributed by atoms with E-state index in [1.165, 1.54) is 11.1 Å². The predicted molar refractivity (Wildman–Crippen MR) is 99.7 cm³/mol. The monoisotopic (exact) mass is 354 g/mol. The number of amides is 1. The van der Waals surface area contributed by atoms with E-state index in [4.69, 9.17) is 16.3 Å². The molecule has 3 aromatic rings. The molecule has 128 valence electrons. The first-order chi connectivity index (χ1) is 12.1. The molecule has 0 aliphatic carbocycles. The van der Waals surface area contributed by atoms with Crippen molar-refractivity contribution in [1.29, 1.82) is 0 Å². The van der Waals surface area contributed by atoms with Crippen LogP contribution < -0.4 is 10.1 Å². The van der Waals surface area contributed by atoms with Gasteiger partial charge in [0.25, 0.3) is 5.91 Å². The first kappa shape index (κ1) is 16.0. The van der Waals surface area contributed by atoms with E-state index in [0.717, 1.165) is 23.1 Å². The van der Waals surface area contributed by atoms with Crippen LogP contribution >= 0.6 is 11.6 Å². The summed E-state index contributed by atoms with van der Waals surface area (Å²) in [6, 6.07) is 13.9. The maximum atomic E-state index is 12.7. The lowest BCUT2D eigenvalue weighted by Crippen LogP contribution is -2.29. The summed E-state index contributed by atoms with van der Waals surface area (Å²) in [4.78, 5) is 12.7. The van der Waals surface area contributed by atoms with Gasteiger partial charge in [0.2, 0.25) is 0 Å². The molecule has 0 saturated carbocycles. The predicted octanol–water partition coefficient (Wildman–Crippen LogP) is 3.97. The van der Waals surface area contributed by atoms with E-state index in [2.05, 4.69) is 36.5 Å². The zero-order valence-corrected chi connectivity index (χ0v) is 14.8. The average Bonchev–Trinajstić information content (AvgIpc) is 3.02. The minimum atomic E-state index is -0.0766. The van der Waals surface area contributed by atoms with Gasteiger partial charge in [0.1, 0.15) is 18.1 Å². The number of aromatic nitrogens is 1. The summed E-state index contributed by atoms with van der Waals surface area (Å²) in [6.45, 7) is 3.87. The van der Waals surface area contributed by atoms with Crippen molar-refractivity contribution in [3.63, 3.8) is 0 Å². The van der Waals surface area contributed by atoms with E-state index in [9.17, 15) is 4.79 Å². The minimum Gasteiger partial charge on any atom is -0.490 e. The molecule has 2 heterocycles. The van der Waals surface area contributed by atoms with Crippen LogP contribution in [0.15, 0.2) is 42.5 Å². The zero-order valence-electron chi connectivity index (χ0n) is 14.0. The van der Waals surface area contributed by atoms with Gasteiger partial charge >= 0.3 is 0 Å². The van der Waals surface area contributed by atoms with Crippen molar-refractivity contribution >= 4 is 28.4 Å². The Kier molecular flexibility index (Phi) is 4.14. The van der Waals surface area contributed by atoms with Crippen molar-refractivity contribution in [3.8, 4) is 5.75 Å². The van der Waals surface area contributed by atoms with Crippen LogP contribution in [0.2, 0.25) is 5.02 Å². The van der Waals surface area contributed by atoms with Crippen LogP contribution in [0.25, 0.3) is 10.9 Å². The Balaban J connectivity index is 1.53. The van der Waals surface area contributed by atoms with Crippen molar-refractivity contribution < 1.29 is 9.53 Å². The van der Waals surface area contributed by atoms with Gasteiger partial charge in [-0.1, -0.05) is 41.4 Å². The number of hydrogen-bond donors (Lipinski definition) is 1. The molecule has 0 saturated heterocycles. The zero-order chi connectivity index (χ0) is 17.4. The Bertz CT molecular complexity index is 944. The third-order valence-electron chi connectivity index (χ3n) is 4.59. The summed E-state index contributed by atoms with van der Waals surface area (Å²) in [5, 5.41) is 4.52. The van der Waals surface area contributed by atoms with Gasteiger partial charge in [-0.25, -0.2) is 0 Å². The molecule has 5 heteroatoms. The number of ether oxygens (including phenoxy) is 1. The average molecular weight is 355 g/mol. The molecule has 1 amide bonds. The van der Waals surface area contributed by atoms with E-state index < -0.39 is 0 Å². The highest BCUT2D eigenvalue weighted by Crippen LogP contribution is 2.36. The molecule has 0 unspecified atom stereocenters. The van der Waals surface area contributed by atoms with Gasteiger partial charge in [-0.2, -0.15) is 0 Å². The number of nitrogens with one attached hydrogen (secondary N) is 1. The summed E-state index contributed by atoms with van der Waals surface area (Å²) >= 11 is 6.30. The molecule has 1 aromatic heterocycles. The Morgan fingerprint density at radius 3 is 2.84 bits per heavy atom. The third kappa shape index (κ3) is 2.98. The molecule has 4 nitrogen and oxygen atoms in total. The molecule has 25 heavy (non-hydrogen) atoms. The minimum absolute atomic E-state index is 0.0766. The van der Waals surface area contributed by atoms with Crippen LogP contribution in [-0.2, 0) is 13.0 Å². The fourth-order valence-electron chi connectivity index (χ4n) is 3.26. The van der Waals surface area contributed by atoms with Crippen molar-refractivity contribution in [1.82, 2.24) is 9.88 Å². The first-order valence-electron chi connectivity index (χ1n) is 8.42. The van der Waals surface area contributed by atoms with Gasteiger partial charge in [0.05, 0.1) is 17.1 Å². The summed E-state index contributed by atoms with van der Waals surface area (Å²) < 4.78 is 7.68. The molecule has 1 aliphatic rings. The second-order valence-corrected chi connectivity index (χ2v) is 6.74. The maximum absolute atomic E-state index is 12.7. The number of carbonyl (C=O) groups is 1. The molecule has 1 N–H and O–H groups in total. The number of hydrogen-bond acceptors (Lipinski definition) is 2. The number of rotatable bonds is 4.